The van der Waals surface area contributed by atoms with Crippen molar-refractivity contribution in [2.24, 2.45) is 0 Å². The highest BCUT2D eigenvalue weighted by atomic mass is 79.9. The highest BCUT2D eigenvalue weighted by molar-refractivity contribution is 9.10. The second-order valence-electron chi connectivity index (χ2n) is 5.28. The molecule has 2 N–H and O–H groups in total. The third-order valence-corrected chi connectivity index (χ3v) is 4.14. The fraction of sp³-hybridized carbons (Fsp3) is 0.400. The summed E-state index contributed by atoms with van der Waals surface area (Å²) >= 11 is 3.42. The summed E-state index contributed by atoms with van der Waals surface area (Å²) in [6.07, 6.45) is 7.90. The first-order valence-corrected chi connectivity index (χ1v) is 8.08. The molecule has 1 aromatic carbocycles. The van der Waals surface area contributed by atoms with E-state index in [1.54, 1.807) is 6.20 Å². The quantitative estimate of drug-likeness (QED) is 0.870. The lowest BCUT2D eigenvalue weighted by molar-refractivity contribution is 0.460. The molecule has 21 heavy (non-hydrogen) atoms. The fourth-order valence-electron chi connectivity index (χ4n) is 2.54. The van der Waals surface area contributed by atoms with Crippen LogP contribution in [0.1, 0.15) is 32.1 Å². The van der Waals surface area contributed by atoms with E-state index in [1.807, 2.05) is 24.3 Å². The molecule has 1 aromatic heterocycles. The Labute approximate surface area is 132 Å². The lowest BCUT2D eigenvalue weighted by Crippen LogP contribution is -2.23. The Morgan fingerprint density at radius 3 is 2.57 bits per heavy atom. The number of benzene rings is 1. The van der Waals surface area contributed by atoms with E-state index < -0.39 is 0 Å². The molecule has 2 aromatic rings. The van der Waals surface area contributed by atoms with Gasteiger partial charge in [-0.05, 0) is 37.1 Å². The maximum absolute atomic E-state index is 4.48. The van der Waals surface area contributed by atoms with Crippen molar-refractivity contribution in [2.75, 3.05) is 10.6 Å². The van der Waals surface area contributed by atoms with E-state index >= 15 is 0 Å². The number of nitrogens with one attached hydrogen (secondary N) is 2. The topological polar surface area (TPSA) is 62.7 Å². The van der Waals surface area contributed by atoms with Crippen molar-refractivity contribution < 1.29 is 0 Å². The Kier molecular flexibility index (Phi) is 4.65. The molecule has 3 rings (SSSR count). The minimum atomic E-state index is 0.475. The second kappa shape index (κ2) is 6.85. The van der Waals surface area contributed by atoms with Crippen molar-refractivity contribution in [3.8, 4) is 0 Å². The Bertz CT molecular complexity index is 581. The molecule has 0 aliphatic heterocycles. The van der Waals surface area contributed by atoms with E-state index in [-0.39, 0.29) is 0 Å². The van der Waals surface area contributed by atoms with Crippen LogP contribution in [-0.2, 0) is 0 Å². The van der Waals surface area contributed by atoms with Crippen molar-refractivity contribution in [2.45, 2.75) is 38.1 Å². The molecule has 6 heteroatoms. The van der Waals surface area contributed by atoms with Crippen LogP contribution in [0.4, 0.5) is 17.5 Å². The average Bonchev–Trinajstić information content (AvgIpc) is 2.51. The van der Waals surface area contributed by atoms with Crippen molar-refractivity contribution in [3.63, 3.8) is 0 Å². The Balaban J connectivity index is 1.66. The molecule has 1 aliphatic rings. The van der Waals surface area contributed by atoms with Gasteiger partial charge in [-0.25, -0.2) is 0 Å². The van der Waals surface area contributed by atoms with Gasteiger partial charge in [0.05, 0.1) is 6.20 Å². The van der Waals surface area contributed by atoms with Gasteiger partial charge in [0.25, 0.3) is 0 Å². The summed E-state index contributed by atoms with van der Waals surface area (Å²) in [6.45, 7) is 0. The predicted molar refractivity (Wildman–Crippen MR) is 87.7 cm³/mol. The smallest absolute Gasteiger partial charge is 0.244 e. The molecule has 0 bridgehead atoms. The zero-order chi connectivity index (χ0) is 14.5. The summed E-state index contributed by atoms with van der Waals surface area (Å²) in [5, 5.41) is 14.7. The van der Waals surface area contributed by atoms with E-state index in [0.29, 0.717) is 17.8 Å². The van der Waals surface area contributed by atoms with Gasteiger partial charge in [-0.1, -0.05) is 35.2 Å². The predicted octanol–water partition coefficient (Wildman–Crippen LogP) is 4.12. The molecule has 1 fully saturated rings. The number of rotatable bonds is 4. The summed E-state index contributed by atoms with van der Waals surface area (Å²) in [4.78, 5) is 4.48. The van der Waals surface area contributed by atoms with Gasteiger partial charge in [0.2, 0.25) is 5.95 Å². The Morgan fingerprint density at radius 2 is 1.81 bits per heavy atom. The summed E-state index contributed by atoms with van der Waals surface area (Å²) in [7, 11) is 0. The van der Waals surface area contributed by atoms with Crippen LogP contribution in [0.3, 0.4) is 0 Å². The van der Waals surface area contributed by atoms with E-state index in [2.05, 4.69) is 41.7 Å². The maximum atomic E-state index is 4.48. The molecule has 0 amide bonds. The van der Waals surface area contributed by atoms with Crippen molar-refractivity contribution >= 4 is 33.4 Å². The van der Waals surface area contributed by atoms with Crippen LogP contribution in [0.25, 0.3) is 0 Å². The third-order valence-electron chi connectivity index (χ3n) is 3.61. The minimum Gasteiger partial charge on any atom is -0.350 e. The number of anilines is 3. The fourth-order valence-corrected chi connectivity index (χ4v) is 2.80. The zero-order valence-corrected chi connectivity index (χ0v) is 13.3. The van der Waals surface area contributed by atoms with Gasteiger partial charge in [0.15, 0.2) is 5.82 Å². The molecule has 0 radical (unpaired) electrons. The first-order chi connectivity index (χ1) is 10.3. The van der Waals surface area contributed by atoms with E-state index in [1.165, 1.54) is 32.1 Å². The molecule has 5 nitrogen and oxygen atoms in total. The van der Waals surface area contributed by atoms with Crippen LogP contribution in [0.2, 0.25) is 0 Å². The van der Waals surface area contributed by atoms with Gasteiger partial charge in [0, 0.05) is 16.2 Å². The lowest BCUT2D eigenvalue weighted by atomic mass is 9.96. The summed E-state index contributed by atoms with van der Waals surface area (Å²) in [6, 6.07) is 8.42. The summed E-state index contributed by atoms with van der Waals surface area (Å²) in [5.74, 6) is 1.30. The van der Waals surface area contributed by atoms with Crippen LogP contribution >= 0.6 is 15.9 Å². The van der Waals surface area contributed by atoms with E-state index in [4.69, 9.17) is 0 Å². The number of halogens is 1. The largest absolute Gasteiger partial charge is 0.350 e. The molecule has 1 saturated carbocycles. The molecule has 0 atom stereocenters. The highest BCUT2D eigenvalue weighted by Gasteiger charge is 2.14. The van der Waals surface area contributed by atoms with Gasteiger partial charge in [-0.2, -0.15) is 10.1 Å². The first-order valence-electron chi connectivity index (χ1n) is 7.28. The standard InChI is InChI=1S/C15H18BrN5/c16-11-6-8-13(9-7-11)18-14-10-17-21-15(20-14)19-12-4-2-1-3-5-12/h6-10,12H,1-5H2,(H2,18,19,20,21). The van der Waals surface area contributed by atoms with E-state index in [0.717, 1.165) is 10.2 Å². The third kappa shape index (κ3) is 4.14. The molecule has 0 spiro atoms. The normalized spacial score (nSPS) is 15.7. The number of nitrogens with zero attached hydrogens (tertiary/aromatic N) is 3. The second-order valence-corrected chi connectivity index (χ2v) is 6.19. The SMILES string of the molecule is Brc1ccc(Nc2cnnc(NC3CCCCC3)n2)cc1. The van der Waals surface area contributed by atoms with Crippen molar-refractivity contribution in [3.05, 3.63) is 34.9 Å². The molecular formula is C15H18BrN5. The first kappa shape index (κ1) is 14.3. The Hall–Kier alpha value is -1.69. The summed E-state index contributed by atoms with van der Waals surface area (Å²) in [5.41, 5.74) is 0.974. The van der Waals surface area contributed by atoms with Crippen LogP contribution in [0.15, 0.2) is 34.9 Å². The molecule has 0 saturated heterocycles. The summed E-state index contributed by atoms with van der Waals surface area (Å²) < 4.78 is 1.05. The molecule has 0 unspecified atom stereocenters. The number of hydrogen-bond donors (Lipinski definition) is 2. The van der Waals surface area contributed by atoms with Gasteiger partial charge in [0.1, 0.15) is 0 Å². The number of aromatic nitrogens is 3. The van der Waals surface area contributed by atoms with Crippen LogP contribution < -0.4 is 10.6 Å². The Morgan fingerprint density at radius 1 is 1.05 bits per heavy atom. The van der Waals surface area contributed by atoms with Crippen molar-refractivity contribution in [1.29, 1.82) is 0 Å². The minimum absolute atomic E-state index is 0.475. The monoisotopic (exact) mass is 347 g/mol. The molecular weight excluding hydrogens is 330 g/mol. The molecule has 1 heterocycles. The van der Waals surface area contributed by atoms with E-state index in [9.17, 15) is 0 Å². The van der Waals surface area contributed by atoms with Crippen molar-refractivity contribution in [1.82, 2.24) is 15.2 Å². The zero-order valence-electron chi connectivity index (χ0n) is 11.7. The highest BCUT2D eigenvalue weighted by Crippen LogP contribution is 2.21. The maximum Gasteiger partial charge on any atom is 0.244 e. The average molecular weight is 348 g/mol. The van der Waals surface area contributed by atoms with Crippen LogP contribution in [0.5, 0.6) is 0 Å². The number of hydrogen-bond acceptors (Lipinski definition) is 5. The molecule has 1 aliphatic carbocycles. The van der Waals surface area contributed by atoms with Gasteiger partial charge in [-0.3, -0.25) is 0 Å². The lowest BCUT2D eigenvalue weighted by Gasteiger charge is -2.22. The van der Waals surface area contributed by atoms with Gasteiger partial charge < -0.3 is 10.6 Å². The van der Waals surface area contributed by atoms with Gasteiger partial charge in [-0.15, -0.1) is 5.10 Å². The van der Waals surface area contributed by atoms with Crippen LogP contribution in [-0.4, -0.2) is 21.2 Å². The molecule has 110 valence electrons. The van der Waals surface area contributed by atoms with Gasteiger partial charge >= 0.3 is 0 Å². The van der Waals surface area contributed by atoms with Crippen LogP contribution in [0, 0.1) is 0 Å².